The number of hydrogen-bond acceptors (Lipinski definition) is 2. The molecule has 2 atom stereocenters. The van der Waals surface area contributed by atoms with E-state index >= 15 is 0 Å². The van der Waals surface area contributed by atoms with Crippen LogP contribution in [0.2, 0.25) is 0 Å². The largest absolute Gasteiger partial charge is 0.355 e. The highest BCUT2D eigenvalue weighted by atomic mass is 16.2. The molecule has 2 amide bonds. The molecule has 4 rings (SSSR count). The number of benzene rings is 1. The molecule has 2 aromatic rings. The number of piperidine rings is 1. The van der Waals surface area contributed by atoms with E-state index in [4.69, 9.17) is 0 Å². The van der Waals surface area contributed by atoms with Crippen LogP contribution in [-0.2, 0) is 16.1 Å². The van der Waals surface area contributed by atoms with Crippen molar-refractivity contribution in [3.63, 3.8) is 0 Å². The highest BCUT2D eigenvalue weighted by molar-refractivity contribution is 5.84. The Morgan fingerprint density at radius 2 is 1.92 bits per heavy atom. The van der Waals surface area contributed by atoms with E-state index in [0.29, 0.717) is 25.9 Å². The third-order valence-corrected chi connectivity index (χ3v) is 5.05. The first kappa shape index (κ1) is 15.0. The van der Waals surface area contributed by atoms with Crippen molar-refractivity contribution < 1.29 is 9.59 Å². The molecule has 0 bridgehead atoms. The molecule has 124 valence electrons. The van der Waals surface area contributed by atoms with Gasteiger partial charge in [0, 0.05) is 37.9 Å². The quantitative estimate of drug-likeness (QED) is 0.918. The number of nitrogens with zero attached hydrogens (tertiary/aromatic N) is 2. The summed E-state index contributed by atoms with van der Waals surface area (Å²) in [4.78, 5) is 26.5. The standard InChI is InChI=1S/C19H21N3O2/c23-17-9-8-15(13-20-17)19(24)22-12-11-21-10-4-7-16(21)18(22)14-5-2-1-3-6-14/h1-7,10,15,18H,8-9,11-13H2,(H,20,23)/t15-,18-/m1/s1. The van der Waals surface area contributed by atoms with Gasteiger partial charge in [-0.25, -0.2) is 0 Å². The van der Waals surface area contributed by atoms with E-state index in [9.17, 15) is 9.59 Å². The van der Waals surface area contributed by atoms with Gasteiger partial charge >= 0.3 is 0 Å². The predicted molar refractivity (Wildman–Crippen MR) is 90.2 cm³/mol. The molecule has 0 unspecified atom stereocenters. The summed E-state index contributed by atoms with van der Waals surface area (Å²) in [6.45, 7) is 1.97. The Labute approximate surface area is 141 Å². The number of fused-ring (bicyclic) bond motifs is 1. The highest BCUT2D eigenvalue weighted by Crippen LogP contribution is 2.34. The van der Waals surface area contributed by atoms with Crippen LogP contribution in [0.5, 0.6) is 0 Å². The van der Waals surface area contributed by atoms with Gasteiger partial charge in [0.05, 0.1) is 12.0 Å². The SMILES string of the molecule is O=C1CC[C@@H](C(=O)N2CCn3cccc3[C@H]2c2ccccc2)CN1. The molecule has 1 aromatic carbocycles. The monoisotopic (exact) mass is 323 g/mol. The van der Waals surface area contributed by atoms with Crippen LogP contribution < -0.4 is 5.32 Å². The highest BCUT2D eigenvalue weighted by Gasteiger charge is 2.36. The lowest BCUT2D eigenvalue weighted by Crippen LogP contribution is -2.49. The summed E-state index contributed by atoms with van der Waals surface area (Å²) in [7, 11) is 0. The van der Waals surface area contributed by atoms with Crippen molar-refractivity contribution in [3.05, 3.63) is 59.9 Å². The van der Waals surface area contributed by atoms with E-state index in [1.54, 1.807) is 0 Å². The van der Waals surface area contributed by atoms with Crippen molar-refractivity contribution in [1.29, 1.82) is 0 Å². The minimum absolute atomic E-state index is 0.0474. The second kappa shape index (κ2) is 6.15. The van der Waals surface area contributed by atoms with Crippen LogP contribution in [0, 0.1) is 5.92 Å². The lowest BCUT2D eigenvalue weighted by molar-refractivity contribution is -0.140. The number of nitrogens with one attached hydrogen (secondary N) is 1. The molecule has 2 aliphatic rings. The van der Waals surface area contributed by atoms with Crippen molar-refractivity contribution >= 4 is 11.8 Å². The van der Waals surface area contributed by atoms with E-state index in [2.05, 4.69) is 34.3 Å². The fourth-order valence-electron chi connectivity index (χ4n) is 3.78. The molecule has 1 fully saturated rings. The molecule has 24 heavy (non-hydrogen) atoms. The van der Waals surface area contributed by atoms with Gasteiger partial charge < -0.3 is 14.8 Å². The van der Waals surface area contributed by atoms with Crippen LogP contribution in [0.15, 0.2) is 48.7 Å². The zero-order valence-corrected chi connectivity index (χ0v) is 13.5. The Balaban J connectivity index is 1.66. The number of rotatable bonds is 2. The van der Waals surface area contributed by atoms with Crippen molar-refractivity contribution in [3.8, 4) is 0 Å². The number of amides is 2. The van der Waals surface area contributed by atoms with E-state index < -0.39 is 0 Å². The van der Waals surface area contributed by atoms with E-state index in [1.165, 1.54) is 0 Å². The third kappa shape index (κ3) is 2.60. The second-order valence-electron chi connectivity index (χ2n) is 6.51. The first-order chi connectivity index (χ1) is 11.7. The molecule has 0 aliphatic carbocycles. The lowest BCUT2D eigenvalue weighted by Gasteiger charge is -2.39. The van der Waals surface area contributed by atoms with Gasteiger partial charge in [0.15, 0.2) is 0 Å². The summed E-state index contributed by atoms with van der Waals surface area (Å²) in [6.07, 6.45) is 3.16. The zero-order valence-electron chi connectivity index (χ0n) is 13.5. The Bertz CT molecular complexity index is 743. The van der Waals surface area contributed by atoms with Crippen LogP contribution in [-0.4, -0.2) is 34.4 Å². The van der Waals surface area contributed by atoms with Crippen LogP contribution in [0.3, 0.4) is 0 Å². The number of carbonyl (C=O) groups excluding carboxylic acids is 2. The van der Waals surface area contributed by atoms with Crippen LogP contribution in [0.1, 0.15) is 30.1 Å². The molecular formula is C19H21N3O2. The number of hydrogen-bond donors (Lipinski definition) is 1. The van der Waals surface area contributed by atoms with Gasteiger partial charge in [-0.2, -0.15) is 0 Å². The molecule has 1 aromatic heterocycles. The smallest absolute Gasteiger partial charge is 0.228 e. The van der Waals surface area contributed by atoms with Crippen molar-refractivity contribution in [2.24, 2.45) is 5.92 Å². The molecule has 0 saturated carbocycles. The Hall–Kier alpha value is -2.56. The molecule has 0 radical (unpaired) electrons. The Kier molecular flexibility index (Phi) is 3.84. The van der Waals surface area contributed by atoms with E-state index in [0.717, 1.165) is 17.8 Å². The molecule has 5 heteroatoms. The maximum absolute atomic E-state index is 13.1. The number of carbonyl (C=O) groups is 2. The number of aromatic nitrogens is 1. The van der Waals surface area contributed by atoms with Gasteiger partial charge in [0.25, 0.3) is 0 Å². The predicted octanol–water partition coefficient (Wildman–Crippen LogP) is 1.95. The van der Waals surface area contributed by atoms with Crippen LogP contribution >= 0.6 is 0 Å². The second-order valence-corrected chi connectivity index (χ2v) is 6.51. The topological polar surface area (TPSA) is 54.3 Å². The average Bonchev–Trinajstić information content (AvgIpc) is 3.10. The van der Waals surface area contributed by atoms with Gasteiger partial charge in [-0.1, -0.05) is 30.3 Å². The molecular weight excluding hydrogens is 302 g/mol. The first-order valence-electron chi connectivity index (χ1n) is 8.51. The molecule has 5 nitrogen and oxygen atoms in total. The first-order valence-corrected chi connectivity index (χ1v) is 8.51. The van der Waals surface area contributed by atoms with Crippen LogP contribution in [0.4, 0.5) is 0 Å². The van der Waals surface area contributed by atoms with Crippen molar-refractivity contribution in [2.75, 3.05) is 13.1 Å². The summed E-state index contributed by atoms with van der Waals surface area (Å²) in [5, 5.41) is 2.83. The molecule has 2 aliphatic heterocycles. The molecule has 3 heterocycles. The molecule has 1 N–H and O–H groups in total. The van der Waals surface area contributed by atoms with Gasteiger partial charge in [0.1, 0.15) is 0 Å². The minimum atomic E-state index is -0.115. The summed E-state index contributed by atoms with van der Waals surface area (Å²) < 4.78 is 2.23. The van der Waals surface area contributed by atoms with Gasteiger partial charge in [-0.3, -0.25) is 9.59 Å². The van der Waals surface area contributed by atoms with Crippen molar-refractivity contribution in [2.45, 2.75) is 25.4 Å². The maximum Gasteiger partial charge on any atom is 0.228 e. The minimum Gasteiger partial charge on any atom is -0.355 e. The summed E-state index contributed by atoms with van der Waals surface area (Å²) in [5.74, 6) is 0.0814. The zero-order chi connectivity index (χ0) is 16.5. The Morgan fingerprint density at radius 1 is 1.08 bits per heavy atom. The fraction of sp³-hybridized carbons (Fsp3) is 0.368. The van der Waals surface area contributed by atoms with Gasteiger partial charge in [-0.05, 0) is 24.1 Å². The average molecular weight is 323 g/mol. The fourth-order valence-corrected chi connectivity index (χ4v) is 3.78. The Morgan fingerprint density at radius 3 is 2.67 bits per heavy atom. The summed E-state index contributed by atoms with van der Waals surface area (Å²) >= 11 is 0. The van der Waals surface area contributed by atoms with Crippen molar-refractivity contribution in [1.82, 2.24) is 14.8 Å². The summed E-state index contributed by atoms with van der Waals surface area (Å²) in [5.41, 5.74) is 2.28. The maximum atomic E-state index is 13.1. The lowest BCUT2D eigenvalue weighted by atomic mass is 9.94. The third-order valence-electron chi connectivity index (χ3n) is 5.05. The van der Waals surface area contributed by atoms with E-state index in [1.807, 2.05) is 29.2 Å². The van der Waals surface area contributed by atoms with E-state index in [-0.39, 0.29) is 23.8 Å². The van der Waals surface area contributed by atoms with Gasteiger partial charge in [0.2, 0.25) is 11.8 Å². The molecule has 0 spiro atoms. The molecule has 1 saturated heterocycles. The van der Waals surface area contributed by atoms with Gasteiger partial charge in [-0.15, -0.1) is 0 Å². The normalized spacial score (nSPS) is 23.5. The summed E-state index contributed by atoms with van der Waals surface area (Å²) in [6, 6.07) is 14.3. The van der Waals surface area contributed by atoms with Crippen LogP contribution in [0.25, 0.3) is 0 Å².